The molecule has 0 aliphatic heterocycles. The van der Waals surface area contributed by atoms with E-state index in [9.17, 15) is 4.79 Å². The zero-order valence-corrected chi connectivity index (χ0v) is 14.6. The number of carbonyl (C=O) groups excluding carboxylic acids is 1. The third kappa shape index (κ3) is 5.20. The molecule has 0 saturated heterocycles. The standard InChI is InChI=1S/C17H27NOS/c1-12-8-9-13(20-7)10-14(12)15(19)18-17(5,6)11-16(2,3)4/h8-10H,11H2,1-7H3,(H,18,19). The molecule has 0 spiro atoms. The molecule has 0 fully saturated rings. The van der Waals surface area contributed by atoms with Gasteiger partial charge in [0.25, 0.3) is 5.91 Å². The zero-order chi connectivity index (χ0) is 15.6. The number of aryl methyl sites for hydroxylation is 1. The number of nitrogens with one attached hydrogen (secondary N) is 1. The highest BCUT2D eigenvalue weighted by Gasteiger charge is 2.27. The number of carbonyl (C=O) groups is 1. The summed E-state index contributed by atoms with van der Waals surface area (Å²) >= 11 is 1.66. The highest BCUT2D eigenvalue weighted by Crippen LogP contribution is 2.27. The second-order valence-corrected chi connectivity index (χ2v) is 8.14. The molecule has 0 radical (unpaired) electrons. The number of rotatable bonds is 4. The third-order valence-electron chi connectivity index (χ3n) is 3.11. The molecule has 0 aromatic heterocycles. The lowest BCUT2D eigenvalue weighted by Gasteiger charge is -2.33. The molecule has 1 aromatic rings. The molecule has 0 aliphatic rings. The van der Waals surface area contributed by atoms with Gasteiger partial charge in [-0.15, -0.1) is 11.8 Å². The van der Waals surface area contributed by atoms with Crippen molar-refractivity contribution in [2.24, 2.45) is 5.41 Å². The monoisotopic (exact) mass is 293 g/mol. The molecule has 3 heteroatoms. The van der Waals surface area contributed by atoms with Gasteiger partial charge in [-0.05, 0) is 56.6 Å². The van der Waals surface area contributed by atoms with Crippen LogP contribution in [0.5, 0.6) is 0 Å². The summed E-state index contributed by atoms with van der Waals surface area (Å²) in [6.45, 7) is 12.7. The summed E-state index contributed by atoms with van der Waals surface area (Å²) in [4.78, 5) is 13.6. The zero-order valence-electron chi connectivity index (χ0n) is 13.8. The second-order valence-electron chi connectivity index (χ2n) is 7.26. The van der Waals surface area contributed by atoms with Crippen molar-refractivity contribution in [2.45, 2.75) is 58.4 Å². The predicted octanol–water partition coefficient (Wildman–Crippen LogP) is 4.66. The van der Waals surface area contributed by atoms with Gasteiger partial charge >= 0.3 is 0 Å². The fourth-order valence-corrected chi connectivity index (χ4v) is 3.16. The van der Waals surface area contributed by atoms with Gasteiger partial charge in [0.2, 0.25) is 0 Å². The van der Waals surface area contributed by atoms with Crippen LogP contribution in [-0.4, -0.2) is 17.7 Å². The second kappa shape index (κ2) is 6.21. The quantitative estimate of drug-likeness (QED) is 0.818. The molecule has 0 saturated carbocycles. The molecule has 1 aromatic carbocycles. The summed E-state index contributed by atoms with van der Waals surface area (Å²) in [6, 6.07) is 6.04. The SMILES string of the molecule is CSc1ccc(C)c(C(=O)NC(C)(C)CC(C)(C)C)c1. The first kappa shape index (κ1) is 17.1. The molecule has 0 aliphatic carbocycles. The van der Waals surface area contributed by atoms with Crippen molar-refractivity contribution in [1.82, 2.24) is 5.32 Å². The van der Waals surface area contributed by atoms with Gasteiger partial charge in [-0.1, -0.05) is 26.8 Å². The van der Waals surface area contributed by atoms with Crippen LogP contribution in [0.2, 0.25) is 0 Å². The summed E-state index contributed by atoms with van der Waals surface area (Å²) in [5, 5.41) is 3.17. The van der Waals surface area contributed by atoms with Crippen LogP contribution in [0.1, 0.15) is 57.0 Å². The minimum atomic E-state index is -0.211. The third-order valence-corrected chi connectivity index (χ3v) is 3.84. The van der Waals surface area contributed by atoms with E-state index in [1.54, 1.807) is 11.8 Å². The topological polar surface area (TPSA) is 29.1 Å². The van der Waals surface area contributed by atoms with E-state index >= 15 is 0 Å². The van der Waals surface area contributed by atoms with Crippen LogP contribution in [-0.2, 0) is 0 Å². The van der Waals surface area contributed by atoms with E-state index in [1.165, 1.54) is 0 Å². The minimum absolute atomic E-state index is 0.0210. The molecule has 0 atom stereocenters. The molecule has 1 N–H and O–H groups in total. The number of thioether (sulfide) groups is 1. The first-order valence-electron chi connectivity index (χ1n) is 7.01. The van der Waals surface area contributed by atoms with Gasteiger partial charge in [0, 0.05) is 16.0 Å². The molecule has 2 nitrogen and oxygen atoms in total. The Bertz CT molecular complexity index is 486. The number of benzene rings is 1. The van der Waals surface area contributed by atoms with Crippen molar-refractivity contribution in [3.8, 4) is 0 Å². The molecular weight excluding hydrogens is 266 g/mol. The number of amides is 1. The van der Waals surface area contributed by atoms with E-state index < -0.39 is 0 Å². The van der Waals surface area contributed by atoms with Crippen LogP contribution in [0.4, 0.5) is 0 Å². The van der Waals surface area contributed by atoms with Gasteiger partial charge < -0.3 is 5.32 Å². The maximum atomic E-state index is 12.5. The van der Waals surface area contributed by atoms with Crippen molar-refractivity contribution >= 4 is 17.7 Å². The lowest BCUT2D eigenvalue weighted by atomic mass is 9.81. The van der Waals surface area contributed by atoms with E-state index in [2.05, 4.69) is 46.0 Å². The summed E-state index contributed by atoms with van der Waals surface area (Å²) in [5.74, 6) is 0.0210. The molecule has 0 heterocycles. The van der Waals surface area contributed by atoms with E-state index in [-0.39, 0.29) is 16.9 Å². The lowest BCUT2D eigenvalue weighted by Crippen LogP contribution is -2.46. The summed E-state index contributed by atoms with van der Waals surface area (Å²) in [7, 11) is 0. The summed E-state index contributed by atoms with van der Waals surface area (Å²) in [6.07, 6.45) is 2.96. The van der Waals surface area contributed by atoms with Gasteiger partial charge in [-0.2, -0.15) is 0 Å². The maximum absolute atomic E-state index is 12.5. The predicted molar refractivity (Wildman–Crippen MR) is 88.6 cm³/mol. The van der Waals surface area contributed by atoms with E-state index in [0.717, 1.165) is 22.4 Å². The molecule has 1 amide bonds. The molecule has 20 heavy (non-hydrogen) atoms. The Balaban J connectivity index is 2.91. The molecule has 0 unspecified atom stereocenters. The van der Waals surface area contributed by atoms with Crippen molar-refractivity contribution in [3.05, 3.63) is 29.3 Å². The average molecular weight is 293 g/mol. The van der Waals surface area contributed by atoms with E-state index in [4.69, 9.17) is 0 Å². The van der Waals surface area contributed by atoms with Crippen molar-refractivity contribution in [3.63, 3.8) is 0 Å². The van der Waals surface area contributed by atoms with Crippen molar-refractivity contribution in [2.75, 3.05) is 6.26 Å². The van der Waals surface area contributed by atoms with Gasteiger partial charge in [0.15, 0.2) is 0 Å². The highest BCUT2D eigenvalue weighted by molar-refractivity contribution is 7.98. The first-order valence-corrected chi connectivity index (χ1v) is 8.24. The number of hydrogen-bond acceptors (Lipinski definition) is 2. The van der Waals surface area contributed by atoms with E-state index in [1.807, 2.05) is 25.3 Å². The van der Waals surface area contributed by atoms with E-state index in [0.29, 0.717) is 0 Å². The Morgan fingerprint density at radius 2 is 1.80 bits per heavy atom. The van der Waals surface area contributed by atoms with Crippen LogP contribution < -0.4 is 5.32 Å². The molecule has 0 bridgehead atoms. The largest absolute Gasteiger partial charge is 0.347 e. The average Bonchev–Trinajstić information content (AvgIpc) is 2.25. The lowest BCUT2D eigenvalue weighted by molar-refractivity contribution is 0.0890. The highest BCUT2D eigenvalue weighted by atomic mass is 32.2. The van der Waals surface area contributed by atoms with Gasteiger partial charge in [0.1, 0.15) is 0 Å². The smallest absolute Gasteiger partial charge is 0.251 e. The van der Waals surface area contributed by atoms with Crippen molar-refractivity contribution in [1.29, 1.82) is 0 Å². The van der Waals surface area contributed by atoms with Gasteiger partial charge in [-0.3, -0.25) is 4.79 Å². The Kier molecular flexibility index (Phi) is 5.31. The molecule has 1 rings (SSSR count). The Labute approximate surface area is 127 Å². The Morgan fingerprint density at radius 3 is 2.30 bits per heavy atom. The fraction of sp³-hybridized carbons (Fsp3) is 0.588. The summed E-state index contributed by atoms with van der Waals surface area (Å²) in [5.41, 5.74) is 1.77. The Hall–Kier alpha value is -0.960. The van der Waals surface area contributed by atoms with Crippen molar-refractivity contribution < 1.29 is 4.79 Å². The van der Waals surface area contributed by atoms with Crippen LogP contribution in [0, 0.1) is 12.3 Å². The fourth-order valence-electron chi connectivity index (χ4n) is 2.72. The van der Waals surface area contributed by atoms with Crippen LogP contribution in [0.15, 0.2) is 23.1 Å². The first-order chi connectivity index (χ1) is 9.04. The normalized spacial score (nSPS) is 12.3. The molecule has 112 valence electrons. The molecular formula is C17H27NOS. The van der Waals surface area contributed by atoms with Crippen LogP contribution in [0.25, 0.3) is 0 Å². The van der Waals surface area contributed by atoms with Gasteiger partial charge in [0.05, 0.1) is 0 Å². The van der Waals surface area contributed by atoms with Crippen LogP contribution >= 0.6 is 11.8 Å². The van der Waals surface area contributed by atoms with Gasteiger partial charge in [-0.25, -0.2) is 0 Å². The number of hydrogen-bond donors (Lipinski definition) is 1. The summed E-state index contributed by atoms with van der Waals surface area (Å²) < 4.78 is 0. The minimum Gasteiger partial charge on any atom is -0.347 e. The van der Waals surface area contributed by atoms with Crippen LogP contribution in [0.3, 0.4) is 0 Å². The Morgan fingerprint density at radius 1 is 1.20 bits per heavy atom. The maximum Gasteiger partial charge on any atom is 0.251 e.